The molecule has 0 radical (unpaired) electrons. The predicted octanol–water partition coefficient (Wildman–Crippen LogP) is 3.04. The van der Waals surface area contributed by atoms with E-state index < -0.39 is 5.60 Å². The molecule has 1 saturated heterocycles. The van der Waals surface area contributed by atoms with Crippen LogP contribution in [0.1, 0.15) is 33.6 Å². The van der Waals surface area contributed by atoms with Gasteiger partial charge < -0.3 is 19.5 Å². The van der Waals surface area contributed by atoms with Crippen molar-refractivity contribution >= 4 is 22.9 Å². The van der Waals surface area contributed by atoms with E-state index in [1.54, 1.807) is 6.33 Å². The standard InChI is InChI=1S/C19H27N5O2/c1-19(2,3)26-18(25)24-9-12-7-14(8-13(12)10-24)23(4)17-15-5-6-20-16(15)21-11-22-17/h5-6,11-14H,7-10H2,1-4H3,(H,20,21,22)/t12-,13+,14+. The van der Waals surface area contributed by atoms with E-state index in [0.29, 0.717) is 17.9 Å². The quantitative estimate of drug-likeness (QED) is 0.894. The molecule has 4 rings (SSSR count). The van der Waals surface area contributed by atoms with E-state index in [4.69, 9.17) is 4.74 Å². The van der Waals surface area contributed by atoms with Crippen LogP contribution in [0, 0.1) is 11.8 Å². The molecule has 3 atom stereocenters. The Morgan fingerprint density at radius 3 is 2.62 bits per heavy atom. The Hall–Kier alpha value is -2.31. The molecule has 0 spiro atoms. The SMILES string of the molecule is CN(c1ncnc2[nH]ccc12)[C@H]1C[C@@H]2CN(C(=O)OC(C)(C)C)C[C@@H]2C1. The lowest BCUT2D eigenvalue weighted by atomic mass is 10.0. The number of hydrogen-bond acceptors (Lipinski definition) is 5. The molecule has 1 amide bonds. The number of fused-ring (bicyclic) bond motifs is 2. The molecule has 7 heteroatoms. The van der Waals surface area contributed by atoms with E-state index in [1.807, 2.05) is 37.9 Å². The topological polar surface area (TPSA) is 74.4 Å². The first kappa shape index (κ1) is 17.1. The van der Waals surface area contributed by atoms with Crippen LogP contribution in [0.3, 0.4) is 0 Å². The van der Waals surface area contributed by atoms with Crippen LogP contribution in [-0.4, -0.2) is 57.7 Å². The fourth-order valence-corrected chi connectivity index (χ4v) is 4.37. The molecule has 1 saturated carbocycles. The fourth-order valence-electron chi connectivity index (χ4n) is 4.37. The van der Waals surface area contributed by atoms with Crippen LogP contribution in [0.2, 0.25) is 0 Å². The zero-order valence-electron chi connectivity index (χ0n) is 15.9. The second kappa shape index (κ2) is 6.14. The number of likely N-dealkylation sites (tertiary alicyclic amines) is 1. The average Bonchev–Trinajstić information content (AvgIpc) is 3.25. The van der Waals surface area contributed by atoms with Gasteiger partial charge in [-0.25, -0.2) is 14.8 Å². The molecule has 0 unspecified atom stereocenters. The highest BCUT2D eigenvalue weighted by molar-refractivity contribution is 5.87. The minimum Gasteiger partial charge on any atom is -0.444 e. The van der Waals surface area contributed by atoms with Gasteiger partial charge in [0, 0.05) is 32.4 Å². The van der Waals surface area contributed by atoms with Gasteiger partial charge >= 0.3 is 6.09 Å². The molecule has 26 heavy (non-hydrogen) atoms. The average molecular weight is 357 g/mol. The van der Waals surface area contributed by atoms with Crippen molar-refractivity contribution in [1.82, 2.24) is 19.9 Å². The lowest BCUT2D eigenvalue weighted by molar-refractivity contribution is 0.0279. The maximum Gasteiger partial charge on any atom is 0.410 e. The van der Waals surface area contributed by atoms with Crippen LogP contribution in [0.25, 0.3) is 11.0 Å². The summed E-state index contributed by atoms with van der Waals surface area (Å²) in [5, 5.41) is 1.06. The fraction of sp³-hybridized carbons (Fsp3) is 0.632. The molecule has 2 aliphatic rings. The molecule has 1 aliphatic carbocycles. The number of carbonyl (C=O) groups excluding carboxylic acids is 1. The number of amides is 1. The van der Waals surface area contributed by atoms with Crippen LogP contribution in [0.15, 0.2) is 18.6 Å². The second-order valence-electron chi connectivity index (χ2n) is 8.58. The number of nitrogens with zero attached hydrogens (tertiary/aromatic N) is 4. The Bertz CT molecular complexity index is 798. The number of nitrogens with one attached hydrogen (secondary N) is 1. The molecule has 2 aromatic heterocycles. The smallest absolute Gasteiger partial charge is 0.410 e. The first-order valence-corrected chi connectivity index (χ1v) is 9.30. The van der Waals surface area contributed by atoms with Crippen LogP contribution >= 0.6 is 0 Å². The third kappa shape index (κ3) is 3.10. The van der Waals surface area contributed by atoms with Crippen LogP contribution in [0.5, 0.6) is 0 Å². The molecule has 1 N–H and O–H groups in total. The summed E-state index contributed by atoms with van der Waals surface area (Å²) in [7, 11) is 2.12. The second-order valence-corrected chi connectivity index (χ2v) is 8.58. The summed E-state index contributed by atoms with van der Waals surface area (Å²) in [6.45, 7) is 7.34. The van der Waals surface area contributed by atoms with Crippen molar-refractivity contribution in [2.45, 2.75) is 45.3 Å². The van der Waals surface area contributed by atoms with Gasteiger partial charge in [-0.3, -0.25) is 0 Å². The van der Waals surface area contributed by atoms with E-state index in [0.717, 1.165) is 42.8 Å². The van der Waals surface area contributed by atoms with Gasteiger partial charge in [-0.15, -0.1) is 0 Å². The number of aromatic nitrogens is 3. The van der Waals surface area contributed by atoms with Crippen molar-refractivity contribution in [2.24, 2.45) is 11.8 Å². The molecular formula is C19H27N5O2. The highest BCUT2D eigenvalue weighted by atomic mass is 16.6. The summed E-state index contributed by atoms with van der Waals surface area (Å²) in [5.41, 5.74) is 0.433. The molecule has 140 valence electrons. The van der Waals surface area contributed by atoms with Crippen LogP contribution < -0.4 is 4.90 Å². The lowest BCUT2D eigenvalue weighted by Gasteiger charge is -2.28. The van der Waals surface area contributed by atoms with Crippen molar-refractivity contribution in [3.05, 3.63) is 18.6 Å². The molecule has 2 fully saturated rings. The monoisotopic (exact) mass is 357 g/mol. The van der Waals surface area contributed by atoms with E-state index >= 15 is 0 Å². The number of H-pyrrole nitrogens is 1. The molecule has 0 aromatic carbocycles. The summed E-state index contributed by atoms with van der Waals surface area (Å²) in [6, 6.07) is 2.47. The van der Waals surface area contributed by atoms with Crippen molar-refractivity contribution < 1.29 is 9.53 Å². The first-order valence-electron chi connectivity index (χ1n) is 9.30. The Balaban J connectivity index is 1.42. The van der Waals surface area contributed by atoms with Crippen molar-refractivity contribution in [2.75, 3.05) is 25.0 Å². The molecule has 1 aliphatic heterocycles. The first-order chi connectivity index (χ1) is 12.3. The Labute approximate surface area is 153 Å². The van der Waals surface area contributed by atoms with E-state index in [2.05, 4.69) is 26.9 Å². The summed E-state index contributed by atoms with van der Waals surface area (Å²) >= 11 is 0. The van der Waals surface area contributed by atoms with Gasteiger partial charge in [-0.2, -0.15) is 0 Å². The van der Waals surface area contributed by atoms with E-state index in [-0.39, 0.29) is 6.09 Å². The lowest BCUT2D eigenvalue weighted by Crippen LogP contribution is -2.37. The third-order valence-corrected chi connectivity index (χ3v) is 5.59. The Kier molecular flexibility index (Phi) is 4.04. The molecule has 7 nitrogen and oxygen atoms in total. The van der Waals surface area contributed by atoms with Gasteiger partial charge in [0.2, 0.25) is 0 Å². The van der Waals surface area contributed by atoms with Gasteiger partial charge in [-0.1, -0.05) is 0 Å². The summed E-state index contributed by atoms with van der Waals surface area (Å²) in [5.74, 6) is 2.06. The number of aromatic amines is 1. The number of anilines is 1. The maximum atomic E-state index is 12.3. The zero-order chi connectivity index (χ0) is 18.5. The third-order valence-electron chi connectivity index (χ3n) is 5.59. The van der Waals surface area contributed by atoms with Crippen molar-refractivity contribution in [1.29, 1.82) is 0 Å². The number of carbonyl (C=O) groups is 1. The number of rotatable bonds is 2. The van der Waals surface area contributed by atoms with Gasteiger partial charge in [0.05, 0.1) is 5.39 Å². The molecule has 2 aromatic rings. The predicted molar refractivity (Wildman–Crippen MR) is 100 cm³/mol. The van der Waals surface area contributed by atoms with E-state index in [1.165, 1.54) is 0 Å². The summed E-state index contributed by atoms with van der Waals surface area (Å²) < 4.78 is 5.53. The highest BCUT2D eigenvalue weighted by Crippen LogP contribution is 2.41. The number of ether oxygens (including phenoxy) is 1. The van der Waals surface area contributed by atoms with Crippen molar-refractivity contribution in [3.63, 3.8) is 0 Å². The normalized spacial score (nSPS) is 25.5. The largest absolute Gasteiger partial charge is 0.444 e. The van der Waals surface area contributed by atoms with Gasteiger partial charge in [0.25, 0.3) is 0 Å². The maximum absolute atomic E-state index is 12.3. The minimum absolute atomic E-state index is 0.179. The summed E-state index contributed by atoms with van der Waals surface area (Å²) in [4.78, 5) is 28.4. The van der Waals surface area contributed by atoms with Gasteiger partial charge in [0.1, 0.15) is 23.4 Å². The van der Waals surface area contributed by atoms with Crippen molar-refractivity contribution in [3.8, 4) is 0 Å². The number of hydrogen-bond donors (Lipinski definition) is 1. The van der Waals surface area contributed by atoms with E-state index in [9.17, 15) is 4.79 Å². The minimum atomic E-state index is -0.438. The Morgan fingerprint density at radius 1 is 1.27 bits per heavy atom. The van der Waals surface area contributed by atoms with Gasteiger partial charge in [-0.05, 0) is 51.5 Å². The highest BCUT2D eigenvalue weighted by Gasteiger charge is 2.44. The Morgan fingerprint density at radius 2 is 1.96 bits per heavy atom. The van der Waals surface area contributed by atoms with Crippen LogP contribution in [0.4, 0.5) is 10.6 Å². The molecule has 0 bridgehead atoms. The van der Waals surface area contributed by atoms with Crippen LogP contribution in [-0.2, 0) is 4.74 Å². The summed E-state index contributed by atoms with van der Waals surface area (Å²) in [6.07, 6.45) is 5.50. The molecular weight excluding hydrogens is 330 g/mol. The zero-order valence-corrected chi connectivity index (χ0v) is 15.9. The van der Waals surface area contributed by atoms with Gasteiger partial charge in [0.15, 0.2) is 0 Å². The molecule has 3 heterocycles.